The van der Waals surface area contributed by atoms with Crippen molar-refractivity contribution in [3.63, 3.8) is 0 Å². The number of para-hydroxylation sites is 1. The SMILES string of the molecule is CCNC(=NCC1CCCN1C)N(C)Cc1ccccc1OC.I. The molecule has 0 bridgehead atoms. The predicted molar refractivity (Wildman–Crippen MR) is 112 cm³/mol. The first-order valence-corrected chi connectivity index (χ1v) is 8.47. The molecule has 1 aromatic rings. The van der Waals surface area contributed by atoms with Gasteiger partial charge in [0.15, 0.2) is 5.96 Å². The summed E-state index contributed by atoms with van der Waals surface area (Å²) in [5.41, 5.74) is 1.17. The van der Waals surface area contributed by atoms with Gasteiger partial charge in [0.1, 0.15) is 5.75 Å². The summed E-state index contributed by atoms with van der Waals surface area (Å²) in [5.74, 6) is 1.88. The molecular weight excluding hydrogens is 415 g/mol. The molecule has 1 atom stereocenters. The highest BCUT2D eigenvalue weighted by Crippen LogP contribution is 2.19. The maximum atomic E-state index is 5.45. The van der Waals surface area contributed by atoms with E-state index in [1.54, 1.807) is 7.11 Å². The first-order chi connectivity index (χ1) is 11.2. The van der Waals surface area contributed by atoms with Crippen molar-refractivity contribution in [1.29, 1.82) is 0 Å². The van der Waals surface area contributed by atoms with Crippen LogP contribution in [0.4, 0.5) is 0 Å². The van der Waals surface area contributed by atoms with Gasteiger partial charge < -0.3 is 19.9 Å². The normalized spacial score (nSPS) is 18.2. The zero-order valence-electron chi connectivity index (χ0n) is 15.3. The van der Waals surface area contributed by atoms with Crippen LogP contribution in [0.5, 0.6) is 5.75 Å². The summed E-state index contributed by atoms with van der Waals surface area (Å²) in [6.45, 7) is 5.79. The van der Waals surface area contributed by atoms with Crippen molar-refractivity contribution in [3.8, 4) is 5.75 Å². The molecule has 0 aromatic heterocycles. The highest BCUT2D eigenvalue weighted by molar-refractivity contribution is 14.0. The van der Waals surface area contributed by atoms with Crippen LogP contribution in [-0.4, -0.2) is 62.6 Å². The zero-order valence-corrected chi connectivity index (χ0v) is 17.6. The van der Waals surface area contributed by atoms with E-state index in [0.717, 1.165) is 31.3 Å². The first-order valence-electron chi connectivity index (χ1n) is 8.47. The maximum Gasteiger partial charge on any atom is 0.194 e. The number of hydrogen-bond acceptors (Lipinski definition) is 3. The zero-order chi connectivity index (χ0) is 16.7. The lowest BCUT2D eigenvalue weighted by atomic mass is 10.2. The molecule has 136 valence electrons. The van der Waals surface area contributed by atoms with Crippen molar-refractivity contribution in [2.24, 2.45) is 4.99 Å². The molecule has 1 aliphatic heterocycles. The van der Waals surface area contributed by atoms with Gasteiger partial charge in [-0.1, -0.05) is 18.2 Å². The molecule has 1 fully saturated rings. The van der Waals surface area contributed by atoms with E-state index >= 15 is 0 Å². The summed E-state index contributed by atoms with van der Waals surface area (Å²) in [6, 6.07) is 8.72. The Hall–Kier alpha value is -1.02. The maximum absolute atomic E-state index is 5.45. The van der Waals surface area contributed by atoms with Crippen molar-refractivity contribution in [2.45, 2.75) is 32.4 Å². The smallest absolute Gasteiger partial charge is 0.194 e. The molecule has 0 spiro atoms. The van der Waals surface area contributed by atoms with E-state index in [2.05, 4.69) is 42.2 Å². The Balaban J connectivity index is 0.00000288. The topological polar surface area (TPSA) is 40.1 Å². The molecule has 1 unspecified atom stereocenters. The van der Waals surface area contributed by atoms with Gasteiger partial charge in [0.2, 0.25) is 0 Å². The second-order valence-corrected chi connectivity index (χ2v) is 6.14. The molecule has 6 heteroatoms. The predicted octanol–water partition coefficient (Wildman–Crippen LogP) is 2.80. The van der Waals surface area contributed by atoms with Crippen molar-refractivity contribution in [3.05, 3.63) is 29.8 Å². The quantitative estimate of drug-likeness (QED) is 0.415. The second kappa shape index (κ2) is 10.8. The molecule has 2 rings (SSSR count). The highest BCUT2D eigenvalue weighted by atomic mass is 127. The molecule has 24 heavy (non-hydrogen) atoms. The number of rotatable bonds is 6. The number of nitrogens with zero attached hydrogens (tertiary/aromatic N) is 3. The fraction of sp³-hybridized carbons (Fsp3) is 0.611. The highest BCUT2D eigenvalue weighted by Gasteiger charge is 2.20. The van der Waals surface area contributed by atoms with E-state index in [4.69, 9.17) is 9.73 Å². The van der Waals surface area contributed by atoms with Crippen LogP contribution in [0.25, 0.3) is 0 Å². The lowest BCUT2D eigenvalue weighted by molar-refractivity contribution is 0.316. The van der Waals surface area contributed by atoms with Crippen LogP contribution in [0.15, 0.2) is 29.3 Å². The molecule has 1 heterocycles. The third-order valence-electron chi connectivity index (χ3n) is 4.42. The summed E-state index contributed by atoms with van der Waals surface area (Å²) in [4.78, 5) is 9.42. The second-order valence-electron chi connectivity index (χ2n) is 6.14. The molecule has 0 radical (unpaired) electrons. The van der Waals surface area contributed by atoms with Crippen LogP contribution in [-0.2, 0) is 6.54 Å². The Morgan fingerprint density at radius 1 is 1.42 bits per heavy atom. The van der Waals surface area contributed by atoms with Crippen LogP contribution in [0.3, 0.4) is 0 Å². The van der Waals surface area contributed by atoms with E-state index in [1.165, 1.54) is 24.9 Å². The average molecular weight is 446 g/mol. The molecule has 1 N–H and O–H groups in total. The summed E-state index contributed by atoms with van der Waals surface area (Å²) >= 11 is 0. The van der Waals surface area contributed by atoms with Gasteiger partial charge in [-0.05, 0) is 39.4 Å². The van der Waals surface area contributed by atoms with Gasteiger partial charge in [0.25, 0.3) is 0 Å². The Morgan fingerprint density at radius 2 is 2.17 bits per heavy atom. The summed E-state index contributed by atoms with van der Waals surface area (Å²) in [7, 11) is 5.99. The third kappa shape index (κ3) is 5.81. The first kappa shape index (κ1) is 21.0. The monoisotopic (exact) mass is 446 g/mol. The number of likely N-dealkylation sites (tertiary alicyclic amines) is 1. The van der Waals surface area contributed by atoms with Crippen LogP contribution < -0.4 is 10.1 Å². The molecule has 0 amide bonds. The van der Waals surface area contributed by atoms with Gasteiger partial charge in [-0.2, -0.15) is 0 Å². The minimum Gasteiger partial charge on any atom is -0.496 e. The number of likely N-dealkylation sites (N-methyl/N-ethyl adjacent to an activating group) is 1. The van der Waals surface area contributed by atoms with E-state index < -0.39 is 0 Å². The molecule has 0 aliphatic carbocycles. The average Bonchev–Trinajstić information content (AvgIpc) is 2.97. The van der Waals surface area contributed by atoms with Crippen LogP contribution >= 0.6 is 24.0 Å². The number of hydrogen-bond donors (Lipinski definition) is 1. The molecule has 0 saturated carbocycles. The molecular formula is C18H31IN4O. The van der Waals surface area contributed by atoms with Gasteiger partial charge in [0.05, 0.1) is 13.7 Å². The van der Waals surface area contributed by atoms with Gasteiger partial charge >= 0.3 is 0 Å². The summed E-state index contributed by atoms with van der Waals surface area (Å²) in [5, 5.41) is 3.40. The largest absolute Gasteiger partial charge is 0.496 e. The van der Waals surface area contributed by atoms with E-state index in [9.17, 15) is 0 Å². The Morgan fingerprint density at radius 3 is 2.79 bits per heavy atom. The third-order valence-corrected chi connectivity index (χ3v) is 4.42. The fourth-order valence-corrected chi connectivity index (χ4v) is 3.04. The van der Waals surface area contributed by atoms with Crippen molar-refractivity contribution in [2.75, 3.05) is 40.8 Å². The summed E-state index contributed by atoms with van der Waals surface area (Å²) < 4.78 is 5.45. The Labute approximate surface area is 163 Å². The van der Waals surface area contributed by atoms with Crippen LogP contribution in [0, 0.1) is 0 Å². The number of halogens is 1. The number of methoxy groups -OCH3 is 1. The minimum atomic E-state index is 0. The molecule has 1 saturated heterocycles. The van der Waals surface area contributed by atoms with E-state index in [-0.39, 0.29) is 24.0 Å². The number of nitrogens with one attached hydrogen (secondary N) is 1. The fourth-order valence-electron chi connectivity index (χ4n) is 3.04. The van der Waals surface area contributed by atoms with Crippen LogP contribution in [0.1, 0.15) is 25.3 Å². The lowest BCUT2D eigenvalue weighted by Crippen LogP contribution is -2.39. The van der Waals surface area contributed by atoms with Crippen LogP contribution in [0.2, 0.25) is 0 Å². The minimum absolute atomic E-state index is 0. The number of benzene rings is 1. The number of guanidine groups is 1. The van der Waals surface area contributed by atoms with E-state index in [1.807, 2.05) is 18.2 Å². The molecule has 1 aromatic carbocycles. The Bertz CT molecular complexity index is 523. The van der Waals surface area contributed by atoms with Gasteiger partial charge in [0, 0.05) is 31.7 Å². The van der Waals surface area contributed by atoms with Gasteiger partial charge in [-0.25, -0.2) is 0 Å². The Kier molecular flexibility index (Phi) is 9.43. The van der Waals surface area contributed by atoms with Gasteiger partial charge in [-0.3, -0.25) is 4.99 Å². The van der Waals surface area contributed by atoms with Crippen molar-refractivity contribution < 1.29 is 4.74 Å². The number of ether oxygens (including phenoxy) is 1. The molecule has 1 aliphatic rings. The van der Waals surface area contributed by atoms with Gasteiger partial charge in [-0.15, -0.1) is 24.0 Å². The standard InChI is InChI=1S/C18H30N4O.HI/c1-5-19-18(20-13-16-10-8-12-21(16)2)22(3)14-15-9-6-7-11-17(15)23-4;/h6-7,9,11,16H,5,8,10,12-14H2,1-4H3,(H,19,20);1H. The van der Waals surface area contributed by atoms with Crippen molar-refractivity contribution in [1.82, 2.24) is 15.1 Å². The van der Waals surface area contributed by atoms with Crippen molar-refractivity contribution >= 4 is 29.9 Å². The summed E-state index contributed by atoms with van der Waals surface area (Å²) in [6.07, 6.45) is 2.53. The number of aliphatic imine (C=N–C) groups is 1. The lowest BCUT2D eigenvalue weighted by Gasteiger charge is -2.24. The molecule has 5 nitrogen and oxygen atoms in total. The van der Waals surface area contributed by atoms with E-state index in [0.29, 0.717) is 6.04 Å².